The summed E-state index contributed by atoms with van der Waals surface area (Å²) >= 11 is 5.84. The number of hydrogen-bond acceptors (Lipinski definition) is 5. The number of primary sulfonamides is 1. The molecule has 0 bridgehead atoms. The molecule has 2 aromatic carbocycles. The smallest absolute Gasteiger partial charge is 0.258 e. The van der Waals surface area contributed by atoms with Crippen LogP contribution in [-0.4, -0.2) is 23.1 Å². The molecule has 0 atom stereocenters. The van der Waals surface area contributed by atoms with Crippen LogP contribution in [0.25, 0.3) is 16.8 Å². The fourth-order valence-electron chi connectivity index (χ4n) is 2.39. The van der Waals surface area contributed by atoms with Crippen LogP contribution in [0.5, 0.6) is 0 Å². The van der Waals surface area contributed by atoms with Gasteiger partial charge in [0.2, 0.25) is 10.0 Å². The Hall–Kier alpha value is -2.75. The minimum absolute atomic E-state index is 0.213. The third kappa shape index (κ3) is 3.38. The van der Waals surface area contributed by atoms with Crippen molar-refractivity contribution in [1.29, 1.82) is 0 Å². The highest BCUT2D eigenvalue weighted by molar-refractivity contribution is 7.89. The first-order valence-corrected chi connectivity index (χ1v) is 8.81. The summed E-state index contributed by atoms with van der Waals surface area (Å²) in [6, 6.07) is 10.5. The van der Waals surface area contributed by atoms with Gasteiger partial charge in [-0.15, -0.1) is 0 Å². The van der Waals surface area contributed by atoms with Crippen molar-refractivity contribution in [3.63, 3.8) is 0 Å². The van der Waals surface area contributed by atoms with Crippen molar-refractivity contribution in [3.05, 3.63) is 70.0 Å². The van der Waals surface area contributed by atoms with Crippen molar-refractivity contribution in [2.45, 2.75) is 4.90 Å². The monoisotopic (exact) mass is 378 g/mol. The lowest BCUT2D eigenvalue weighted by Gasteiger charge is -2.11. The molecule has 0 unspecified atom stereocenters. The minimum Gasteiger partial charge on any atom is -0.258 e. The lowest BCUT2D eigenvalue weighted by atomic mass is 10.0. The summed E-state index contributed by atoms with van der Waals surface area (Å²) < 4.78 is 25.2. The van der Waals surface area contributed by atoms with E-state index in [9.17, 15) is 18.5 Å². The van der Waals surface area contributed by atoms with Gasteiger partial charge in [0.05, 0.1) is 4.92 Å². The van der Waals surface area contributed by atoms with E-state index >= 15 is 0 Å². The van der Waals surface area contributed by atoms with Crippen LogP contribution in [0.2, 0.25) is 5.02 Å². The molecule has 1 aromatic heterocycles. The molecule has 0 saturated carbocycles. The fraction of sp³-hybridized carbons (Fsp3) is 0. The van der Waals surface area contributed by atoms with Gasteiger partial charge >= 0.3 is 0 Å². The Morgan fingerprint density at radius 2 is 1.84 bits per heavy atom. The van der Waals surface area contributed by atoms with Gasteiger partial charge in [0.1, 0.15) is 4.90 Å². The quantitative estimate of drug-likeness (QED) is 0.552. The highest BCUT2D eigenvalue weighted by atomic mass is 35.5. The van der Waals surface area contributed by atoms with E-state index in [0.717, 1.165) is 4.68 Å². The zero-order chi connectivity index (χ0) is 18.2. The molecule has 0 amide bonds. The van der Waals surface area contributed by atoms with Gasteiger partial charge in [0.15, 0.2) is 5.69 Å². The van der Waals surface area contributed by atoms with Gasteiger partial charge in [-0.2, -0.15) is 5.10 Å². The predicted molar refractivity (Wildman–Crippen MR) is 92.0 cm³/mol. The number of halogens is 1. The fourth-order valence-corrected chi connectivity index (χ4v) is 3.27. The van der Waals surface area contributed by atoms with E-state index in [2.05, 4.69) is 5.10 Å². The summed E-state index contributed by atoms with van der Waals surface area (Å²) in [5.41, 5.74) is 0.239. The van der Waals surface area contributed by atoms with Gasteiger partial charge in [0, 0.05) is 23.5 Å². The standard InChI is InChI=1S/C15H11ClN4O4S/c16-12-4-2-10(3-5-12)11-8-13(20(21)22)15(19-7-1-6-18-19)14(9-11)25(17,23)24/h1-9H,(H2,17,23,24). The number of aromatic nitrogens is 2. The summed E-state index contributed by atoms with van der Waals surface area (Å²) in [6.07, 6.45) is 2.78. The van der Waals surface area contributed by atoms with E-state index in [0.29, 0.717) is 16.1 Å². The lowest BCUT2D eigenvalue weighted by molar-refractivity contribution is -0.384. The van der Waals surface area contributed by atoms with Crippen LogP contribution in [0.15, 0.2) is 59.8 Å². The molecular weight excluding hydrogens is 368 g/mol. The first-order chi connectivity index (χ1) is 11.8. The molecular formula is C15H11ClN4O4S. The third-order valence-corrected chi connectivity index (χ3v) is 4.65. The van der Waals surface area contributed by atoms with Crippen LogP contribution in [0.1, 0.15) is 0 Å². The van der Waals surface area contributed by atoms with Crippen molar-refractivity contribution < 1.29 is 13.3 Å². The van der Waals surface area contributed by atoms with Crippen LogP contribution in [-0.2, 0) is 10.0 Å². The number of benzene rings is 2. The Morgan fingerprint density at radius 1 is 1.16 bits per heavy atom. The summed E-state index contributed by atoms with van der Waals surface area (Å²) in [5, 5.41) is 21.2. The molecule has 10 heteroatoms. The second-order valence-electron chi connectivity index (χ2n) is 5.10. The molecule has 25 heavy (non-hydrogen) atoms. The Kier molecular flexibility index (Phi) is 4.29. The number of sulfonamides is 1. The maximum absolute atomic E-state index is 12.1. The number of nitrogens with two attached hydrogens (primary N) is 1. The van der Waals surface area contributed by atoms with E-state index in [4.69, 9.17) is 16.7 Å². The molecule has 2 N–H and O–H groups in total. The molecule has 0 spiro atoms. The van der Waals surface area contributed by atoms with E-state index in [1.54, 1.807) is 24.3 Å². The molecule has 3 aromatic rings. The third-order valence-electron chi connectivity index (χ3n) is 3.47. The lowest BCUT2D eigenvalue weighted by Crippen LogP contribution is -2.17. The van der Waals surface area contributed by atoms with Crippen molar-refractivity contribution in [2.24, 2.45) is 5.14 Å². The summed E-state index contributed by atoms with van der Waals surface area (Å²) in [5.74, 6) is 0. The molecule has 3 rings (SSSR count). The number of nitro groups is 1. The van der Waals surface area contributed by atoms with Gasteiger partial charge in [-0.05, 0) is 35.4 Å². The average Bonchev–Trinajstić information content (AvgIpc) is 3.07. The molecule has 0 aliphatic rings. The van der Waals surface area contributed by atoms with Crippen molar-refractivity contribution in [1.82, 2.24) is 9.78 Å². The van der Waals surface area contributed by atoms with Gasteiger partial charge < -0.3 is 0 Å². The van der Waals surface area contributed by atoms with Crippen molar-refractivity contribution in [2.75, 3.05) is 0 Å². The molecule has 0 aliphatic heterocycles. The summed E-state index contributed by atoms with van der Waals surface area (Å²) in [6.45, 7) is 0. The highest BCUT2D eigenvalue weighted by Gasteiger charge is 2.27. The van der Waals surface area contributed by atoms with Crippen molar-refractivity contribution in [3.8, 4) is 16.8 Å². The average molecular weight is 379 g/mol. The normalized spacial score (nSPS) is 11.4. The Labute approximate surface area is 147 Å². The van der Waals surface area contributed by atoms with Crippen LogP contribution < -0.4 is 5.14 Å². The zero-order valence-electron chi connectivity index (χ0n) is 12.5. The van der Waals surface area contributed by atoms with E-state index in [1.807, 2.05) is 0 Å². The molecule has 128 valence electrons. The first-order valence-electron chi connectivity index (χ1n) is 6.88. The van der Waals surface area contributed by atoms with Gasteiger partial charge in [-0.3, -0.25) is 10.1 Å². The van der Waals surface area contributed by atoms with Crippen LogP contribution in [0, 0.1) is 10.1 Å². The first kappa shape index (κ1) is 17.1. The van der Waals surface area contributed by atoms with Crippen molar-refractivity contribution >= 4 is 27.3 Å². The number of nitrogens with zero attached hydrogens (tertiary/aromatic N) is 3. The highest BCUT2D eigenvalue weighted by Crippen LogP contribution is 2.35. The largest absolute Gasteiger partial charge is 0.296 e. The zero-order valence-corrected chi connectivity index (χ0v) is 14.1. The molecule has 1 heterocycles. The number of nitro benzene ring substituents is 1. The SMILES string of the molecule is NS(=O)(=O)c1cc(-c2ccc(Cl)cc2)cc([N+](=O)[O-])c1-n1cccn1. The van der Waals surface area contributed by atoms with E-state index in [-0.39, 0.29) is 5.69 Å². The van der Waals surface area contributed by atoms with Crippen LogP contribution in [0.3, 0.4) is 0 Å². The van der Waals surface area contributed by atoms with E-state index in [1.165, 1.54) is 30.6 Å². The molecule has 0 aliphatic carbocycles. The predicted octanol–water partition coefficient (Wildman–Crippen LogP) is 2.75. The maximum atomic E-state index is 12.1. The minimum atomic E-state index is -4.25. The molecule has 0 saturated heterocycles. The Balaban J connectivity index is 2.37. The van der Waals surface area contributed by atoms with Gasteiger partial charge in [-0.25, -0.2) is 18.2 Å². The number of rotatable bonds is 4. The molecule has 8 nitrogen and oxygen atoms in total. The summed E-state index contributed by atoms with van der Waals surface area (Å²) in [7, 11) is -4.25. The van der Waals surface area contributed by atoms with Gasteiger partial charge in [0.25, 0.3) is 5.69 Å². The maximum Gasteiger partial charge on any atom is 0.296 e. The van der Waals surface area contributed by atoms with Crippen LogP contribution >= 0.6 is 11.6 Å². The second-order valence-corrected chi connectivity index (χ2v) is 7.07. The molecule has 0 radical (unpaired) electrons. The Bertz CT molecular complexity index is 1050. The van der Waals surface area contributed by atoms with E-state index < -0.39 is 25.5 Å². The topological polar surface area (TPSA) is 121 Å². The second kappa shape index (κ2) is 6.28. The van der Waals surface area contributed by atoms with Gasteiger partial charge in [-0.1, -0.05) is 23.7 Å². The summed E-state index contributed by atoms with van der Waals surface area (Å²) in [4.78, 5) is 10.5. The molecule has 0 fully saturated rings. The van der Waals surface area contributed by atoms with Crippen LogP contribution in [0.4, 0.5) is 5.69 Å². The Morgan fingerprint density at radius 3 is 2.36 bits per heavy atom. The number of hydrogen-bond donors (Lipinski definition) is 1.